The van der Waals surface area contributed by atoms with E-state index in [0.29, 0.717) is 0 Å². The lowest BCUT2D eigenvalue weighted by Crippen LogP contribution is -2.34. The summed E-state index contributed by atoms with van der Waals surface area (Å²) in [6, 6.07) is 2.57. The fourth-order valence-corrected chi connectivity index (χ4v) is 5.39. The number of hydrogen-bond acceptors (Lipinski definition) is 0. The molecule has 0 N–H and O–H groups in total. The van der Waals surface area contributed by atoms with Crippen molar-refractivity contribution in [3.8, 4) is 11.8 Å². The maximum atomic E-state index is 13.1. The van der Waals surface area contributed by atoms with E-state index in [2.05, 4.69) is 18.8 Å². The molecule has 0 aromatic heterocycles. The van der Waals surface area contributed by atoms with E-state index in [0.717, 1.165) is 37.4 Å². The van der Waals surface area contributed by atoms with Crippen LogP contribution in [0.5, 0.6) is 0 Å². The van der Waals surface area contributed by atoms with Crippen LogP contribution in [0, 0.1) is 11.8 Å². The van der Waals surface area contributed by atoms with E-state index in [1.807, 2.05) is 20.8 Å². The smallest absolute Gasteiger partial charge is 0.173 e. The van der Waals surface area contributed by atoms with Gasteiger partial charge < -0.3 is 0 Å². The van der Waals surface area contributed by atoms with E-state index in [-0.39, 0.29) is 5.20 Å². The van der Waals surface area contributed by atoms with Crippen molar-refractivity contribution in [2.24, 2.45) is 0 Å². The van der Waals surface area contributed by atoms with Gasteiger partial charge in [-0.25, -0.2) is 0 Å². The van der Waals surface area contributed by atoms with Crippen molar-refractivity contribution in [3.05, 3.63) is 11.3 Å². The van der Waals surface area contributed by atoms with Crippen molar-refractivity contribution in [3.63, 3.8) is 0 Å². The molecule has 0 aliphatic carbocycles. The molecule has 0 atom stereocenters. The van der Waals surface area contributed by atoms with Crippen LogP contribution < -0.4 is 0 Å². The number of hydrogen-bond donors (Lipinski definition) is 0. The standard InChI is InChI=1S/C14H24F2Si/c1-5-9-10-11-12-13(14(15)16)17(6-2,7-3)8-4/h5-10H2,1-4H3. The van der Waals surface area contributed by atoms with Crippen molar-refractivity contribution < 1.29 is 8.78 Å². The number of unbranched alkanes of at least 4 members (excludes halogenated alkanes) is 2. The molecule has 0 spiro atoms. The average Bonchev–Trinajstić information content (AvgIpc) is 2.34. The summed E-state index contributed by atoms with van der Waals surface area (Å²) >= 11 is 0. The van der Waals surface area contributed by atoms with E-state index in [1.165, 1.54) is 0 Å². The van der Waals surface area contributed by atoms with Crippen molar-refractivity contribution in [1.82, 2.24) is 0 Å². The molecule has 0 radical (unpaired) electrons. The summed E-state index contributed by atoms with van der Waals surface area (Å²) in [5.74, 6) is 5.71. The highest BCUT2D eigenvalue weighted by Gasteiger charge is 2.34. The van der Waals surface area contributed by atoms with Crippen LogP contribution in [0.1, 0.15) is 47.0 Å². The zero-order valence-electron chi connectivity index (χ0n) is 11.5. The fourth-order valence-electron chi connectivity index (χ4n) is 2.08. The molecule has 0 fully saturated rings. The lowest BCUT2D eigenvalue weighted by Gasteiger charge is -2.27. The molecular formula is C14H24F2Si. The molecule has 0 nitrogen and oxygen atoms in total. The van der Waals surface area contributed by atoms with Gasteiger partial charge in [-0.2, -0.15) is 8.78 Å². The van der Waals surface area contributed by atoms with Gasteiger partial charge in [-0.1, -0.05) is 64.1 Å². The summed E-state index contributed by atoms with van der Waals surface area (Å²) in [6.07, 6.45) is 1.25. The molecule has 98 valence electrons. The molecule has 17 heavy (non-hydrogen) atoms. The lowest BCUT2D eigenvalue weighted by atomic mass is 10.2. The molecule has 0 amide bonds. The molecule has 0 rings (SSSR count). The van der Waals surface area contributed by atoms with E-state index in [1.54, 1.807) is 0 Å². The molecule has 0 saturated carbocycles. The van der Waals surface area contributed by atoms with Crippen LogP contribution >= 0.6 is 0 Å². The summed E-state index contributed by atoms with van der Waals surface area (Å²) < 4.78 is 26.2. The second-order valence-electron chi connectivity index (χ2n) is 4.38. The zero-order valence-corrected chi connectivity index (χ0v) is 12.5. The van der Waals surface area contributed by atoms with E-state index >= 15 is 0 Å². The maximum absolute atomic E-state index is 13.1. The third-order valence-electron chi connectivity index (χ3n) is 3.62. The number of halogens is 2. The van der Waals surface area contributed by atoms with Gasteiger partial charge in [-0.05, 0) is 6.42 Å². The van der Waals surface area contributed by atoms with E-state index < -0.39 is 14.2 Å². The second kappa shape index (κ2) is 8.47. The first-order valence-electron chi connectivity index (χ1n) is 6.62. The molecule has 0 unspecified atom stereocenters. The van der Waals surface area contributed by atoms with Crippen LogP contribution in [-0.4, -0.2) is 8.07 Å². The van der Waals surface area contributed by atoms with Crippen LogP contribution in [-0.2, 0) is 0 Å². The van der Waals surface area contributed by atoms with Crippen LogP contribution in [0.4, 0.5) is 8.78 Å². The van der Waals surface area contributed by atoms with Crippen molar-refractivity contribution in [1.29, 1.82) is 0 Å². The van der Waals surface area contributed by atoms with Gasteiger partial charge in [0.05, 0.1) is 5.20 Å². The monoisotopic (exact) mass is 258 g/mol. The van der Waals surface area contributed by atoms with Crippen LogP contribution in [0.2, 0.25) is 18.1 Å². The molecule has 0 saturated heterocycles. The first-order valence-corrected chi connectivity index (χ1v) is 9.24. The average molecular weight is 258 g/mol. The SMILES string of the molecule is CCCCC#CC(=C(F)F)[Si](CC)(CC)CC. The Kier molecular flexibility index (Phi) is 8.15. The first kappa shape index (κ1) is 16.4. The largest absolute Gasteiger partial charge is 0.277 e. The summed E-state index contributed by atoms with van der Waals surface area (Å²) in [6.45, 7) is 8.15. The highest BCUT2D eigenvalue weighted by molar-refractivity contribution is 6.87. The van der Waals surface area contributed by atoms with Gasteiger partial charge in [0.2, 0.25) is 0 Å². The summed E-state index contributed by atoms with van der Waals surface area (Å²) in [7, 11) is -2.01. The molecule has 0 bridgehead atoms. The Hall–Kier alpha value is -0.623. The molecule has 0 aromatic carbocycles. The minimum Gasteiger partial charge on any atom is -0.173 e. The maximum Gasteiger partial charge on any atom is 0.277 e. The Morgan fingerprint density at radius 3 is 1.88 bits per heavy atom. The molecule has 3 heteroatoms. The summed E-state index contributed by atoms with van der Waals surface area (Å²) in [5.41, 5.74) is 0. The van der Waals surface area contributed by atoms with Gasteiger partial charge in [-0.3, -0.25) is 0 Å². The predicted octanol–water partition coefficient (Wildman–Crippen LogP) is 5.38. The molecular weight excluding hydrogens is 234 g/mol. The van der Waals surface area contributed by atoms with E-state index in [4.69, 9.17) is 0 Å². The predicted molar refractivity (Wildman–Crippen MR) is 73.7 cm³/mol. The molecule has 0 heterocycles. The third kappa shape index (κ3) is 4.63. The Balaban J connectivity index is 5.09. The Morgan fingerprint density at radius 2 is 1.53 bits per heavy atom. The van der Waals surface area contributed by atoms with Gasteiger partial charge in [0.1, 0.15) is 8.07 Å². The minimum absolute atomic E-state index is 0.209. The van der Waals surface area contributed by atoms with Crippen LogP contribution in [0.15, 0.2) is 11.3 Å². The van der Waals surface area contributed by atoms with Gasteiger partial charge in [0.25, 0.3) is 6.08 Å². The van der Waals surface area contributed by atoms with Crippen LogP contribution in [0.3, 0.4) is 0 Å². The van der Waals surface area contributed by atoms with Crippen molar-refractivity contribution in [2.75, 3.05) is 0 Å². The van der Waals surface area contributed by atoms with E-state index in [9.17, 15) is 8.78 Å². The first-order chi connectivity index (χ1) is 8.07. The topological polar surface area (TPSA) is 0 Å². The lowest BCUT2D eigenvalue weighted by molar-refractivity contribution is 0.419. The highest BCUT2D eigenvalue weighted by atomic mass is 28.3. The van der Waals surface area contributed by atoms with Crippen molar-refractivity contribution >= 4 is 8.07 Å². The van der Waals surface area contributed by atoms with Gasteiger partial charge in [0.15, 0.2) is 0 Å². The molecule has 0 aromatic rings. The van der Waals surface area contributed by atoms with Gasteiger partial charge in [0, 0.05) is 6.42 Å². The van der Waals surface area contributed by atoms with Crippen molar-refractivity contribution in [2.45, 2.75) is 65.1 Å². The second-order valence-corrected chi connectivity index (χ2v) is 9.56. The Labute approximate surface area is 106 Å². The third-order valence-corrected chi connectivity index (χ3v) is 9.05. The normalized spacial score (nSPS) is 10.7. The highest BCUT2D eigenvalue weighted by Crippen LogP contribution is 2.31. The summed E-state index contributed by atoms with van der Waals surface area (Å²) in [4.78, 5) is 0. The molecule has 0 aliphatic rings. The number of allylic oxidation sites excluding steroid dienone is 1. The summed E-state index contributed by atoms with van der Waals surface area (Å²) in [5, 5.41) is 0.209. The Morgan fingerprint density at radius 1 is 1.00 bits per heavy atom. The minimum atomic E-state index is -2.01. The van der Waals surface area contributed by atoms with Crippen LogP contribution in [0.25, 0.3) is 0 Å². The number of rotatable bonds is 6. The van der Waals surface area contributed by atoms with Gasteiger partial charge in [-0.15, -0.1) is 0 Å². The molecule has 0 aliphatic heterocycles. The Bertz CT molecular complexity index is 294. The quantitative estimate of drug-likeness (QED) is 0.341. The van der Waals surface area contributed by atoms with Gasteiger partial charge >= 0.3 is 0 Å². The zero-order chi connectivity index (χ0) is 13.3. The fraction of sp³-hybridized carbons (Fsp3) is 0.714.